The topological polar surface area (TPSA) is 70.5 Å². The maximum Gasteiger partial charge on any atom is 0.338 e. The summed E-state index contributed by atoms with van der Waals surface area (Å²) < 4.78 is 0. The number of carboxylic acids is 1. The number of carbonyl (C=O) groups excluding carboxylic acids is 1. The largest absolute Gasteiger partial charge is 0.478 e. The number of hydrogen-bond acceptors (Lipinski definition) is 3. The van der Waals surface area contributed by atoms with E-state index in [1.165, 1.54) is 18.3 Å². The number of aromatic carboxylic acids is 1. The summed E-state index contributed by atoms with van der Waals surface area (Å²) in [7, 11) is 0. The van der Waals surface area contributed by atoms with Crippen LogP contribution in [0.3, 0.4) is 0 Å². The van der Waals surface area contributed by atoms with Gasteiger partial charge in [-0.15, -0.1) is 0 Å². The minimum atomic E-state index is -1.13. The second-order valence-electron chi connectivity index (χ2n) is 4.27. The molecule has 0 aromatic carbocycles. The van der Waals surface area contributed by atoms with Crippen LogP contribution < -0.4 is 0 Å². The first kappa shape index (κ1) is 12.3. The zero-order valence-electron chi connectivity index (χ0n) is 10.1. The van der Waals surface area contributed by atoms with Crippen molar-refractivity contribution >= 4 is 11.9 Å². The van der Waals surface area contributed by atoms with Crippen LogP contribution in [-0.2, 0) is 0 Å². The van der Waals surface area contributed by atoms with Gasteiger partial charge in [-0.1, -0.05) is 11.6 Å². The zero-order chi connectivity index (χ0) is 13.1. The van der Waals surface area contributed by atoms with Gasteiger partial charge < -0.3 is 10.0 Å². The lowest BCUT2D eigenvalue weighted by Gasteiger charge is -2.26. The first-order valence-electron chi connectivity index (χ1n) is 5.73. The van der Waals surface area contributed by atoms with Crippen LogP contribution in [0.1, 0.15) is 34.2 Å². The van der Waals surface area contributed by atoms with E-state index >= 15 is 0 Å². The van der Waals surface area contributed by atoms with Crippen molar-refractivity contribution in [3.05, 3.63) is 41.2 Å². The van der Waals surface area contributed by atoms with Crippen molar-refractivity contribution in [2.75, 3.05) is 13.1 Å². The molecule has 0 saturated heterocycles. The molecule has 18 heavy (non-hydrogen) atoms. The molecule has 1 aliphatic rings. The Morgan fingerprint density at radius 1 is 1.44 bits per heavy atom. The summed E-state index contributed by atoms with van der Waals surface area (Å²) in [5.74, 6) is -1.45. The van der Waals surface area contributed by atoms with Crippen molar-refractivity contribution in [2.45, 2.75) is 13.3 Å². The van der Waals surface area contributed by atoms with Crippen LogP contribution >= 0.6 is 0 Å². The molecule has 0 atom stereocenters. The maximum atomic E-state index is 12.2. The molecule has 94 valence electrons. The predicted octanol–water partition coefficient (Wildman–Crippen LogP) is 1.57. The normalized spacial score (nSPS) is 15.2. The highest BCUT2D eigenvalue weighted by Crippen LogP contribution is 2.14. The Hall–Kier alpha value is -2.17. The van der Waals surface area contributed by atoms with Crippen molar-refractivity contribution in [3.8, 4) is 0 Å². The summed E-state index contributed by atoms with van der Waals surface area (Å²) in [6, 6.07) is 2.91. The van der Waals surface area contributed by atoms with E-state index in [-0.39, 0.29) is 17.2 Å². The quantitative estimate of drug-likeness (QED) is 0.804. The fourth-order valence-electron chi connectivity index (χ4n) is 1.98. The van der Waals surface area contributed by atoms with E-state index in [2.05, 4.69) is 11.1 Å². The van der Waals surface area contributed by atoms with E-state index in [4.69, 9.17) is 5.11 Å². The number of rotatable bonds is 2. The SMILES string of the molecule is CC1=CCCN(C(=O)c2ncccc2C(=O)O)C1. The summed E-state index contributed by atoms with van der Waals surface area (Å²) in [4.78, 5) is 28.8. The van der Waals surface area contributed by atoms with Gasteiger partial charge in [-0.05, 0) is 25.5 Å². The molecule has 1 aromatic rings. The lowest BCUT2D eigenvalue weighted by atomic mass is 10.1. The van der Waals surface area contributed by atoms with Gasteiger partial charge in [0.25, 0.3) is 5.91 Å². The lowest BCUT2D eigenvalue weighted by molar-refractivity contribution is 0.0674. The molecule has 0 unspecified atom stereocenters. The molecule has 1 aliphatic heterocycles. The molecule has 0 spiro atoms. The Morgan fingerprint density at radius 2 is 2.22 bits per heavy atom. The Morgan fingerprint density at radius 3 is 2.89 bits per heavy atom. The van der Waals surface area contributed by atoms with Gasteiger partial charge in [-0.2, -0.15) is 0 Å². The molecule has 0 radical (unpaired) electrons. The Kier molecular flexibility index (Phi) is 3.41. The number of aromatic nitrogens is 1. The van der Waals surface area contributed by atoms with Gasteiger partial charge in [-0.25, -0.2) is 4.79 Å². The average molecular weight is 246 g/mol. The fraction of sp³-hybridized carbons (Fsp3) is 0.308. The summed E-state index contributed by atoms with van der Waals surface area (Å²) in [5.41, 5.74) is 1.08. The van der Waals surface area contributed by atoms with Crippen molar-refractivity contribution in [2.24, 2.45) is 0 Å². The smallest absolute Gasteiger partial charge is 0.338 e. The number of hydrogen-bond donors (Lipinski definition) is 1. The van der Waals surface area contributed by atoms with Gasteiger partial charge in [0.15, 0.2) is 0 Å². The maximum absolute atomic E-state index is 12.2. The average Bonchev–Trinajstić information content (AvgIpc) is 2.38. The van der Waals surface area contributed by atoms with Gasteiger partial charge in [0.1, 0.15) is 5.69 Å². The molecule has 1 amide bonds. The predicted molar refractivity (Wildman–Crippen MR) is 65.5 cm³/mol. The minimum absolute atomic E-state index is 0.0136. The zero-order valence-corrected chi connectivity index (χ0v) is 10.1. The number of pyridine rings is 1. The molecular formula is C13H14N2O3. The summed E-state index contributed by atoms with van der Waals surface area (Å²) in [6.07, 6.45) is 4.32. The third-order valence-corrected chi connectivity index (χ3v) is 2.86. The van der Waals surface area contributed by atoms with E-state index in [0.717, 1.165) is 12.0 Å². The third kappa shape index (κ3) is 2.40. The monoisotopic (exact) mass is 246 g/mol. The van der Waals surface area contributed by atoms with Crippen LogP contribution in [0, 0.1) is 0 Å². The van der Waals surface area contributed by atoms with E-state index in [1.54, 1.807) is 4.90 Å². The van der Waals surface area contributed by atoms with Crippen LogP contribution in [0.4, 0.5) is 0 Å². The molecule has 0 aliphatic carbocycles. The molecule has 1 N–H and O–H groups in total. The van der Waals surface area contributed by atoms with Crippen molar-refractivity contribution < 1.29 is 14.7 Å². The number of carbonyl (C=O) groups is 2. The standard InChI is InChI=1S/C13H14N2O3/c1-9-4-3-7-15(8-9)12(16)11-10(13(17)18)5-2-6-14-11/h2,4-6H,3,7-8H2,1H3,(H,17,18). The van der Waals surface area contributed by atoms with Crippen molar-refractivity contribution in [3.63, 3.8) is 0 Å². The molecular weight excluding hydrogens is 232 g/mol. The summed E-state index contributed by atoms with van der Waals surface area (Å²) in [5, 5.41) is 9.04. The number of carboxylic acid groups (broad SMARTS) is 1. The second kappa shape index (κ2) is 5.00. The highest BCUT2D eigenvalue weighted by atomic mass is 16.4. The number of amides is 1. The molecule has 5 heteroatoms. The lowest BCUT2D eigenvalue weighted by Crippen LogP contribution is -2.36. The molecule has 1 aromatic heterocycles. The van der Waals surface area contributed by atoms with E-state index in [0.29, 0.717) is 13.1 Å². The highest BCUT2D eigenvalue weighted by Gasteiger charge is 2.24. The fourth-order valence-corrected chi connectivity index (χ4v) is 1.98. The van der Waals surface area contributed by atoms with Gasteiger partial charge in [-0.3, -0.25) is 9.78 Å². The van der Waals surface area contributed by atoms with Crippen LogP contribution in [0.5, 0.6) is 0 Å². The molecule has 5 nitrogen and oxygen atoms in total. The minimum Gasteiger partial charge on any atom is -0.478 e. The summed E-state index contributed by atoms with van der Waals surface area (Å²) in [6.45, 7) is 3.09. The van der Waals surface area contributed by atoms with E-state index in [1.807, 2.05) is 6.92 Å². The molecule has 2 rings (SSSR count). The highest BCUT2D eigenvalue weighted by molar-refractivity contribution is 6.03. The van der Waals surface area contributed by atoms with Crippen LogP contribution in [0.2, 0.25) is 0 Å². The Balaban J connectivity index is 2.29. The Labute approximate surface area is 105 Å². The molecule has 0 fully saturated rings. The van der Waals surface area contributed by atoms with Crippen molar-refractivity contribution in [1.29, 1.82) is 0 Å². The van der Waals surface area contributed by atoms with Gasteiger partial charge in [0.05, 0.1) is 5.56 Å². The molecule has 0 bridgehead atoms. The summed E-state index contributed by atoms with van der Waals surface area (Å²) >= 11 is 0. The van der Waals surface area contributed by atoms with E-state index < -0.39 is 5.97 Å². The van der Waals surface area contributed by atoms with Gasteiger partial charge in [0, 0.05) is 19.3 Å². The molecule has 2 heterocycles. The van der Waals surface area contributed by atoms with Crippen molar-refractivity contribution in [1.82, 2.24) is 9.88 Å². The first-order chi connectivity index (χ1) is 8.59. The van der Waals surface area contributed by atoms with Gasteiger partial charge >= 0.3 is 5.97 Å². The number of nitrogens with zero attached hydrogens (tertiary/aromatic N) is 2. The van der Waals surface area contributed by atoms with Gasteiger partial charge in [0.2, 0.25) is 0 Å². The third-order valence-electron chi connectivity index (χ3n) is 2.86. The van der Waals surface area contributed by atoms with Crippen LogP contribution in [-0.4, -0.2) is 40.0 Å². The second-order valence-corrected chi connectivity index (χ2v) is 4.27. The molecule has 0 saturated carbocycles. The van der Waals surface area contributed by atoms with E-state index in [9.17, 15) is 9.59 Å². The van der Waals surface area contributed by atoms with Crippen LogP contribution in [0.15, 0.2) is 30.0 Å². The Bertz CT molecular complexity index is 523. The van der Waals surface area contributed by atoms with Crippen LogP contribution in [0.25, 0.3) is 0 Å². The first-order valence-corrected chi connectivity index (χ1v) is 5.73.